The smallest absolute Gasteiger partial charge is 0.299 e. The molecule has 16 heavy (non-hydrogen) atoms. The number of likely N-dealkylation sites (N-methyl/N-ethyl adjacent to an activating group) is 1. The fourth-order valence-electron chi connectivity index (χ4n) is 1.52. The summed E-state index contributed by atoms with van der Waals surface area (Å²) in [4.78, 5) is 23.8. The van der Waals surface area contributed by atoms with E-state index in [1.54, 1.807) is 0 Å². The minimum absolute atomic E-state index is 0.0641. The number of nitrogens with zero attached hydrogens (tertiary/aromatic N) is 1. The number of benzene rings is 1. The highest BCUT2D eigenvalue weighted by Crippen LogP contribution is 2.30. The molecule has 1 amide bonds. The minimum atomic E-state index is -3.89. The summed E-state index contributed by atoms with van der Waals surface area (Å²) in [5.74, 6) is -1.40. The molecular formula is C9H6ClNO4S. The van der Waals surface area contributed by atoms with Crippen molar-refractivity contribution in [2.75, 3.05) is 11.9 Å². The summed E-state index contributed by atoms with van der Waals surface area (Å²) in [5.41, 5.74) is 0.452. The van der Waals surface area contributed by atoms with E-state index in [1.165, 1.54) is 24.1 Å². The van der Waals surface area contributed by atoms with E-state index in [1.807, 2.05) is 0 Å². The van der Waals surface area contributed by atoms with Gasteiger partial charge in [0.1, 0.15) is 0 Å². The summed E-state index contributed by atoms with van der Waals surface area (Å²) in [6.07, 6.45) is 0. The first kappa shape index (κ1) is 11.1. The Balaban J connectivity index is 2.67. The van der Waals surface area contributed by atoms with Crippen LogP contribution in [0.1, 0.15) is 10.4 Å². The first-order valence-corrected chi connectivity index (χ1v) is 6.54. The molecule has 0 unspecified atom stereocenters. The Kier molecular flexibility index (Phi) is 2.28. The second-order valence-corrected chi connectivity index (χ2v) is 5.88. The average molecular weight is 260 g/mol. The van der Waals surface area contributed by atoms with Gasteiger partial charge in [-0.15, -0.1) is 0 Å². The third-order valence-electron chi connectivity index (χ3n) is 2.35. The van der Waals surface area contributed by atoms with Crippen molar-refractivity contribution in [1.29, 1.82) is 0 Å². The maximum atomic E-state index is 11.5. The van der Waals surface area contributed by atoms with Crippen LogP contribution in [0.15, 0.2) is 23.1 Å². The van der Waals surface area contributed by atoms with Gasteiger partial charge in [-0.3, -0.25) is 9.59 Å². The summed E-state index contributed by atoms with van der Waals surface area (Å²) >= 11 is 0. The quantitative estimate of drug-likeness (QED) is 0.552. The summed E-state index contributed by atoms with van der Waals surface area (Å²) in [7, 11) is 2.70. The molecule has 7 heteroatoms. The van der Waals surface area contributed by atoms with Crippen molar-refractivity contribution in [3.05, 3.63) is 23.8 Å². The number of rotatable bonds is 1. The highest BCUT2D eigenvalue weighted by Gasteiger charge is 2.34. The molecule has 1 aliphatic heterocycles. The maximum Gasteiger partial charge on any atom is 0.299 e. The van der Waals surface area contributed by atoms with Gasteiger partial charge in [0.25, 0.3) is 20.7 Å². The Hall–Kier alpha value is -1.40. The lowest BCUT2D eigenvalue weighted by atomic mass is 10.1. The Morgan fingerprint density at radius 1 is 1.25 bits per heavy atom. The highest BCUT2D eigenvalue weighted by atomic mass is 35.7. The Bertz CT molecular complexity index is 608. The molecule has 1 aromatic rings. The lowest BCUT2D eigenvalue weighted by molar-refractivity contribution is -0.114. The zero-order valence-corrected chi connectivity index (χ0v) is 9.67. The Morgan fingerprint density at radius 2 is 1.88 bits per heavy atom. The predicted molar refractivity (Wildman–Crippen MR) is 57.2 cm³/mol. The number of carbonyl (C=O) groups excluding carboxylic acids is 2. The van der Waals surface area contributed by atoms with Crippen LogP contribution in [0.2, 0.25) is 0 Å². The van der Waals surface area contributed by atoms with E-state index in [2.05, 4.69) is 0 Å². The van der Waals surface area contributed by atoms with Crippen molar-refractivity contribution >= 4 is 37.1 Å². The van der Waals surface area contributed by atoms with Gasteiger partial charge < -0.3 is 4.90 Å². The molecule has 0 saturated carbocycles. The summed E-state index contributed by atoms with van der Waals surface area (Å²) < 4.78 is 22.1. The van der Waals surface area contributed by atoms with Gasteiger partial charge in [0.15, 0.2) is 0 Å². The molecule has 0 N–H and O–H groups in total. The molecule has 0 spiro atoms. The first-order valence-electron chi connectivity index (χ1n) is 4.23. The number of halogens is 1. The Morgan fingerprint density at radius 3 is 2.44 bits per heavy atom. The van der Waals surface area contributed by atoms with Crippen LogP contribution in [0.3, 0.4) is 0 Å². The average Bonchev–Trinajstić information content (AvgIpc) is 2.43. The van der Waals surface area contributed by atoms with Gasteiger partial charge in [-0.05, 0) is 18.2 Å². The van der Waals surface area contributed by atoms with Crippen LogP contribution in [0.4, 0.5) is 5.69 Å². The third kappa shape index (κ3) is 1.50. The number of hydrogen-bond acceptors (Lipinski definition) is 4. The van der Waals surface area contributed by atoms with Crippen molar-refractivity contribution in [3.8, 4) is 0 Å². The lowest BCUT2D eigenvalue weighted by Gasteiger charge is -2.08. The monoisotopic (exact) mass is 259 g/mol. The fourth-order valence-corrected chi connectivity index (χ4v) is 2.30. The second kappa shape index (κ2) is 3.29. The number of amides is 1. The first-order chi connectivity index (χ1) is 7.32. The minimum Gasteiger partial charge on any atom is -0.308 e. The third-order valence-corrected chi connectivity index (χ3v) is 3.71. The van der Waals surface area contributed by atoms with Gasteiger partial charge in [0.2, 0.25) is 0 Å². The van der Waals surface area contributed by atoms with Crippen LogP contribution in [0.5, 0.6) is 0 Å². The number of Topliss-reactive ketones (excluding diaryl/α,β-unsaturated/α-hetero) is 1. The molecule has 2 rings (SSSR count). The van der Waals surface area contributed by atoms with Crippen LogP contribution in [-0.2, 0) is 13.8 Å². The number of hydrogen-bond donors (Lipinski definition) is 0. The maximum absolute atomic E-state index is 11.5. The number of ketones is 1. The van der Waals surface area contributed by atoms with E-state index < -0.39 is 20.7 Å². The van der Waals surface area contributed by atoms with Gasteiger partial charge in [-0.2, -0.15) is 0 Å². The topological polar surface area (TPSA) is 71.5 Å². The van der Waals surface area contributed by atoms with Crippen LogP contribution in [-0.4, -0.2) is 27.2 Å². The molecule has 0 aromatic heterocycles. The van der Waals surface area contributed by atoms with Crippen LogP contribution in [0, 0.1) is 0 Å². The van der Waals surface area contributed by atoms with E-state index in [0.29, 0.717) is 5.69 Å². The summed E-state index contributed by atoms with van der Waals surface area (Å²) in [5, 5.41) is 0. The second-order valence-electron chi connectivity index (χ2n) is 3.31. The molecule has 1 aliphatic rings. The zero-order valence-electron chi connectivity index (χ0n) is 8.10. The molecule has 0 radical (unpaired) electrons. The van der Waals surface area contributed by atoms with Crippen molar-refractivity contribution in [3.63, 3.8) is 0 Å². The zero-order chi connectivity index (χ0) is 12.1. The molecule has 0 saturated heterocycles. The molecule has 5 nitrogen and oxygen atoms in total. The van der Waals surface area contributed by atoms with Gasteiger partial charge in [0, 0.05) is 17.7 Å². The molecular weight excluding hydrogens is 254 g/mol. The van der Waals surface area contributed by atoms with Gasteiger partial charge >= 0.3 is 0 Å². The van der Waals surface area contributed by atoms with Gasteiger partial charge in [0.05, 0.1) is 16.1 Å². The normalized spacial score (nSPS) is 15.5. The molecule has 1 aromatic carbocycles. The Labute approximate surface area is 96.0 Å². The largest absolute Gasteiger partial charge is 0.308 e. The molecule has 0 atom stereocenters. The van der Waals surface area contributed by atoms with E-state index in [-0.39, 0.29) is 10.5 Å². The predicted octanol–water partition coefficient (Wildman–Crippen LogP) is 0.773. The van der Waals surface area contributed by atoms with Crippen LogP contribution < -0.4 is 4.90 Å². The van der Waals surface area contributed by atoms with E-state index in [9.17, 15) is 18.0 Å². The van der Waals surface area contributed by atoms with Crippen molar-refractivity contribution in [2.24, 2.45) is 0 Å². The van der Waals surface area contributed by atoms with Crippen molar-refractivity contribution < 1.29 is 18.0 Å². The van der Waals surface area contributed by atoms with E-state index in [4.69, 9.17) is 10.7 Å². The van der Waals surface area contributed by atoms with Crippen LogP contribution in [0.25, 0.3) is 0 Å². The molecule has 0 bridgehead atoms. The van der Waals surface area contributed by atoms with E-state index in [0.717, 1.165) is 6.07 Å². The number of fused-ring (bicyclic) bond motifs is 1. The molecule has 0 fully saturated rings. The fraction of sp³-hybridized carbons (Fsp3) is 0.111. The van der Waals surface area contributed by atoms with Gasteiger partial charge in [-0.25, -0.2) is 8.42 Å². The molecule has 1 heterocycles. The summed E-state index contributed by atoms with van der Waals surface area (Å²) in [6.45, 7) is 0. The number of anilines is 1. The van der Waals surface area contributed by atoms with Crippen LogP contribution >= 0.6 is 10.7 Å². The SMILES string of the molecule is CN1C(=O)C(=O)c2cc(S(=O)(=O)Cl)ccc21. The lowest BCUT2D eigenvalue weighted by Crippen LogP contribution is -2.24. The van der Waals surface area contributed by atoms with Crippen molar-refractivity contribution in [1.82, 2.24) is 0 Å². The molecule has 0 aliphatic carbocycles. The highest BCUT2D eigenvalue weighted by molar-refractivity contribution is 8.13. The van der Waals surface area contributed by atoms with Gasteiger partial charge in [-0.1, -0.05) is 0 Å². The van der Waals surface area contributed by atoms with E-state index >= 15 is 0 Å². The molecule has 84 valence electrons. The number of carbonyl (C=O) groups is 2. The summed E-state index contributed by atoms with van der Waals surface area (Å²) in [6, 6.07) is 3.75. The van der Waals surface area contributed by atoms with Crippen molar-refractivity contribution in [2.45, 2.75) is 4.90 Å². The standard InChI is InChI=1S/C9H6ClNO4S/c1-11-7-3-2-5(16(10,14)15)4-6(7)8(12)9(11)13/h2-4H,1H3.